The second-order valence-electron chi connectivity index (χ2n) is 6.94. The van der Waals surface area contributed by atoms with Crippen molar-refractivity contribution in [3.05, 3.63) is 16.1 Å². The van der Waals surface area contributed by atoms with Crippen molar-refractivity contribution in [1.29, 1.82) is 0 Å². The van der Waals surface area contributed by atoms with Crippen molar-refractivity contribution in [3.8, 4) is 0 Å². The number of rotatable bonds is 3. The van der Waals surface area contributed by atoms with Crippen LogP contribution in [0.3, 0.4) is 0 Å². The highest BCUT2D eigenvalue weighted by atomic mass is 16.5. The molecule has 5 heteroatoms. The first-order valence-electron chi connectivity index (χ1n) is 7.48. The summed E-state index contributed by atoms with van der Waals surface area (Å²) >= 11 is 0. The van der Waals surface area contributed by atoms with E-state index in [1.54, 1.807) is 0 Å². The van der Waals surface area contributed by atoms with Crippen molar-refractivity contribution in [3.63, 3.8) is 0 Å². The van der Waals surface area contributed by atoms with Crippen LogP contribution in [0.4, 0.5) is 0 Å². The summed E-state index contributed by atoms with van der Waals surface area (Å²) in [5, 5.41) is 5.99. The molecule has 0 radical (unpaired) electrons. The predicted octanol–water partition coefficient (Wildman–Crippen LogP) is 0.900. The lowest BCUT2D eigenvalue weighted by atomic mass is 9.53. The third-order valence-corrected chi connectivity index (χ3v) is 5.56. The zero-order valence-electron chi connectivity index (χ0n) is 11.4. The number of nitrogens with zero attached hydrogens (tertiary/aromatic N) is 1. The number of aromatic nitrogens is 2. The molecule has 4 bridgehead atoms. The molecule has 104 valence electrons. The molecule has 0 saturated heterocycles. The van der Waals surface area contributed by atoms with Gasteiger partial charge in [-0.1, -0.05) is 4.68 Å². The molecule has 0 aromatic carbocycles. The minimum absolute atomic E-state index is 0.132. The zero-order chi connectivity index (χ0) is 13.0. The second-order valence-corrected chi connectivity index (χ2v) is 6.94. The lowest BCUT2D eigenvalue weighted by Gasteiger charge is -2.52. The molecule has 0 unspecified atom stereocenters. The highest BCUT2D eigenvalue weighted by molar-refractivity contribution is 5.00. The molecule has 0 atom stereocenters. The summed E-state index contributed by atoms with van der Waals surface area (Å²) in [6.07, 6.45) is 7.87. The van der Waals surface area contributed by atoms with Gasteiger partial charge in [-0.3, -0.25) is 4.52 Å². The van der Waals surface area contributed by atoms with Gasteiger partial charge in [0, 0.05) is 19.3 Å². The van der Waals surface area contributed by atoms with E-state index in [1.807, 2.05) is 7.05 Å². The Morgan fingerprint density at radius 3 is 2.37 bits per heavy atom. The van der Waals surface area contributed by atoms with Gasteiger partial charge in [0.15, 0.2) is 5.54 Å². The van der Waals surface area contributed by atoms with Crippen molar-refractivity contribution in [1.82, 2.24) is 10.6 Å². The van der Waals surface area contributed by atoms with Gasteiger partial charge in [-0.2, -0.15) is 0 Å². The number of hydrogen-bond acceptors (Lipinski definition) is 3. The van der Waals surface area contributed by atoms with E-state index in [9.17, 15) is 4.79 Å². The summed E-state index contributed by atoms with van der Waals surface area (Å²) in [7, 11) is 1.87. The normalized spacial score (nSPS) is 39.9. The summed E-state index contributed by atoms with van der Waals surface area (Å²) in [6.45, 7) is 0.577. The molecule has 0 spiro atoms. The lowest BCUT2D eigenvalue weighted by Crippen LogP contribution is -2.67. The molecule has 0 aliphatic heterocycles. The molecule has 0 amide bonds. The Morgan fingerprint density at radius 2 is 1.84 bits per heavy atom. The average Bonchev–Trinajstić information content (AvgIpc) is 2.70. The Bertz CT molecular complexity index is 510. The Balaban J connectivity index is 1.77. The molecule has 2 N–H and O–H groups in total. The first-order chi connectivity index (χ1) is 9.20. The van der Waals surface area contributed by atoms with Gasteiger partial charge in [-0.15, -0.1) is 0 Å². The Morgan fingerprint density at radius 1 is 1.26 bits per heavy atom. The van der Waals surface area contributed by atoms with Gasteiger partial charge in [0.25, 0.3) is 0 Å². The molecule has 1 aromatic rings. The Kier molecular flexibility index (Phi) is 2.43. The molecule has 4 aliphatic carbocycles. The molecular formula is C14H22N3O2+. The van der Waals surface area contributed by atoms with Crippen LogP contribution in [-0.4, -0.2) is 12.3 Å². The van der Waals surface area contributed by atoms with Crippen LogP contribution in [0.5, 0.6) is 0 Å². The van der Waals surface area contributed by atoms with Gasteiger partial charge in [0.05, 0.1) is 6.54 Å². The highest BCUT2D eigenvalue weighted by Crippen LogP contribution is 2.56. The Hall–Kier alpha value is -1.10. The maximum atomic E-state index is 11.9. The Labute approximate surface area is 112 Å². The third kappa shape index (κ3) is 1.64. The first kappa shape index (κ1) is 11.7. The number of H-pyrrole nitrogens is 1. The first-order valence-corrected chi connectivity index (χ1v) is 7.48. The van der Waals surface area contributed by atoms with Crippen LogP contribution in [0, 0.1) is 17.8 Å². The minimum Gasteiger partial charge on any atom is -0.310 e. The predicted molar refractivity (Wildman–Crippen MR) is 68.4 cm³/mol. The zero-order valence-corrected chi connectivity index (χ0v) is 11.4. The van der Waals surface area contributed by atoms with Crippen LogP contribution in [-0.2, 0) is 12.1 Å². The molecule has 5 rings (SSSR count). The summed E-state index contributed by atoms with van der Waals surface area (Å²) in [5.41, 5.74) is 0.669. The standard InChI is InChI=1S/C14H21N3O2/c1-15-8-12-13(18)19-16-17(12)14-5-9-2-10(6-14)4-11(3-9)7-14/h9-11,15H,2-8H2,1H3/p+1. The van der Waals surface area contributed by atoms with Gasteiger partial charge in [0.1, 0.15) is 0 Å². The van der Waals surface area contributed by atoms with Crippen LogP contribution < -0.4 is 15.6 Å². The van der Waals surface area contributed by atoms with Crippen LogP contribution in [0.15, 0.2) is 9.32 Å². The molecule has 4 fully saturated rings. The van der Waals surface area contributed by atoms with Gasteiger partial charge in [0.2, 0.25) is 0 Å². The largest absolute Gasteiger partial charge is 0.431 e. The van der Waals surface area contributed by atoms with E-state index in [0.717, 1.165) is 23.4 Å². The number of hydrogen-bond donors (Lipinski definition) is 2. The van der Waals surface area contributed by atoms with Gasteiger partial charge in [-0.25, -0.2) is 4.79 Å². The van der Waals surface area contributed by atoms with Crippen LogP contribution >= 0.6 is 0 Å². The van der Waals surface area contributed by atoms with Crippen LogP contribution in [0.1, 0.15) is 44.2 Å². The summed E-state index contributed by atoms with van der Waals surface area (Å²) < 4.78 is 7.16. The lowest BCUT2D eigenvalue weighted by molar-refractivity contribution is -0.837. The van der Waals surface area contributed by atoms with E-state index in [4.69, 9.17) is 4.52 Å². The second kappa shape index (κ2) is 3.95. The molecule has 19 heavy (non-hydrogen) atoms. The maximum absolute atomic E-state index is 11.9. The van der Waals surface area contributed by atoms with Crippen LogP contribution in [0.2, 0.25) is 0 Å². The third-order valence-electron chi connectivity index (χ3n) is 5.56. The molecular weight excluding hydrogens is 242 g/mol. The van der Waals surface area contributed by atoms with E-state index in [0.29, 0.717) is 6.54 Å². The monoisotopic (exact) mass is 264 g/mol. The van der Waals surface area contributed by atoms with E-state index in [2.05, 4.69) is 15.3 Å². The SMILES string of the molecule is CNCc1c(=O)o[nH][n+]1C12CC3CC(CC(C3)C1)C2. The molecule has 5 nitrogen and oxygen atoms in total. The minimum atomic E-state index is -0.218. The summed E-state index contributed by atoms with van der Waals surface area (Å²) in [5.74, 6) is 2.58. The number of nitrogens with one attached hydrogen (secondary N) is 2. The fourth-order valence-electron chi connectivity index (χ4n) is 5.33. The van der Waals surface area contributed by atoms with E-state index < -0.39 is 0 Å². The molecule has 4 aliphatic rings. The molecule has 1 heterocycles. The van der Waals surface area contributed by atoms with E-state index >= 15 is 0 Å². The summed E-state index contributed by atoms with van der Waals surface area (Å²) in [6, 6.07) is 0. The topological polar surface area (TPSA) is 61.9 Å². The van der Waals surface area contributed by atoms with E-state index in [1.165, 1.54) is 38.5 Å². The van der Waals surface area contributed by atoms with Crippen LogP contribution in [0.25, 0.3) is 0 Å². The average molecular weight is 264 g/mol. The fraction of sp³-hybridized carbons (Fsp3) is 0.857. The van der Waals surface area contributed by atoms with E-state index in [-0.39, 0.29) is 11.2 Å². The maximum Gasteiger partial charge on any atom is 0.431 e. The van der Waals surface area contributed by atoms with Crippen molar-refractivity contribution in [2.24, 2.45) is 17.8 Å². The van der Waals surface area contributed by atoms with Crippen molar-refractivity contribution >= 4 is 0 Å². The summed E-state index contributed by atoms with van der Waals surface area (Å²) in [4.78, 5) is 11.9. The smallest absolute Gasteiger partial charge is 0.310 e. The molecule has 4 saturated carbocycles. The van der Waals surface area contributed by atoms with Gasteiger partial charge < -0.3 is 5.32 Å². The fourth-order valence-corrected chi connectivity index (χ4v) is 5.33. The van der Waals surface area contributed by atoms with Crippen molar-refractivity contribution in [2.75, 3.05) is 7.05 Å². The number of aromatic amines is 1. The highest BCUT2D eigenvalue weighted by Gasteiger charge is 2.59. The van der Waals surface area contributed by atoms with Crippen molar-refractivity contribution < 1.29 is 9.20 Å². The van der Waals surface area contributed by atoms with Crippen molar-refractivity contribution in [2.45, 2.75) is 50.6 Å². The molecule has 1 aromatic heterocycles. The van der Waals surface area contributed by atoms with Gasteiger partial charge >= 0.3 is 11.3 Å². The quantitative estimate of drug-likeness (QED) is 0.797. The van der Waals surface area contributed by atoms with Gasteiger partial charge in [-0.05, 0) is 49.3 Å².